The van der Waals surface area contributed by atoms with Gasteiger partial charge in [-0.05, 0) is 26.0 Å². The lowest BCUT2D eigenvalue weighted by Gasteiger charge is -2.11. The SMILES string of the molecule is Cc1nn(-c2ccccc2)c(C)c1CNCC(O)C(F)F. The Morgan fingerprint density at radius 3 is 2.52 bits per heavy atom. The Kier molecular flexibility index (Phi) is 5.03. The summed E-state index contributed by atoms with van der Waals surface area (Å²) in [6, 6.07) is 9.71. The van der Waals surface area contributed by atoms with Crippen LogP contribution in [-0.4, -0.2) is 34.0 Å². The predicted octanol–water partition coefficient (Wildman–Crippen LogP) is 2.20. The van der Waals surface area contributed by atoms with Gasteiger partial charge in [-0.15, -0.1) is 0 Å². The monoisotopic (exact) mass is 295 g/mol. The van der Waals surface area contributed by atoms with Gasteiger partial charge in [0.05, 0.1) is 11.4 Å². The number of aryl methyl sites for hydroxylation is 1. The van der Waals surface area contributed by atoms with Crippen molar-refractivity contribution in [2.45, 2.75) is 32.9 Å². The molecule has 0 aliphatic rings. The van der Waals surface area contributed by atoms with Crippen LogP contribution in [0.4, 0.5) is 8.78 Å². The molecule has 2 aromatic rings. The zero-order chi connectivity index (χ0) is 15.4. The molecule has 0 saturated carbocycles. The van der Waals surface area contributed by atoms with E-state index in [1.807, 2.05) is 48.9 Å². The Hall–Kier alpha value is -1.79. The highest BCUT2D eigenvalue weighted by Gasteiger charge is 2.17. The molecule has 1 aromatic carbocycles. The number of nitrogens with zero attached hydrogens (tertiary/aromatic N) is 2. The molecule has 0 saturated heterocycles. The number of aliphatic hydroxyl groups excluding tert-OH is 1. The lowest BCUT2D eigenvalue weighted by atomic mass is 10.2. The predicted molar refractivity (Wildman–Crippen MR) is 76.8 cm³/mol. The fourth-order valence-electron chi connectivity index (χ4n) is 2.19. The van der Waals surface area contributed by atoms with Gasteiger partial charge >= 0.3 is 0 Å². The number of hydrogen-bond donors (Lipinski definition) is 2. The first kappa shape index (κ1) is 15.6. The molecule has 1 heterocycles. The number of aliphatic hydroxyl groups is 1. The van der Waals surface area contributed by atoms with E-state index in [0.29, 0.717) is 6.54 Å². The van der Waals surface area contributed by atoms with E-state index in [4.69, 9.17) is 5.11 Å². The van der Waals surface area contributed by atoms with Crippen molar-refractivity contribution in [3.8, 4) is 5.69 Å². The van der Waals surface area contributed by atoms with E-state index in [1.165, 1.54) is 0 Å². The number of para-hydroxylation sites is 1. The molecule has 1 unspecified atom stereocenters. The van der Waals surface area contributed by atoms with Gasteiger partial charge in [0.2, 0.25) is 0 Å². The van der Waals surface area contributed by atoms with Gasteiger partial charge in [0, 0.05) is 24.3 Å². The number of hydrogen-bond acceptors (Lipinski definition) is 3. The average molecular weight is 295 g/mol. The smallest absolute Gasteiger partial charge is 0.265 e. The first-order chi connectivity index (χ1) is 10.0. The Balaban J connectivity index is 2.10. The van der Waals surface area contributed by atoms with Crippen LogP contribution >= 0.6 is 0 Å². The summed E-state index contributed by atoms with van der Waals surface area (Å²) in [5.74, 6) is 0. The highest BCUT2D eigenvalue weighted by atomic mass is 19.3. The molecule has 0 spiro atoms. The molecule has 6 heteroatoms. The first-order valence-corrected chi connectivity index (χ1v) is 6.78. The van der Waals surface area contributed by atoms with Crippen LogP contribution in [0.25, 0.3) is 5.69 Å². The molecular formula is C15H19F2N3O. The van der Waals surface area contributed by atoms with Gasteiger partial charge in [0.1, 0.15) is 6.10 Å². The number of benzene rings is 1. The van der Waals surface area contributed by atoms with E-state index in [2.05, 4.69) is 10.4 Å². The molecule has 0 aliphatic carbocycles. The van der Waals surface area contributed by atoms with E-state index < -0.39 is 12.5 Å². The lowest BCUT2D eigenvalue weighted by Crippen LogP contribution is -2.31. The maximum atomic E-state index is 12.2. The van der Waals surface area contributed by atoms with Crippen molar-refractivity contribution in [3.05, 3.63) is 47.3 Å². The number of rotatable bonds is 6. The van der Waals surface area contributed by atoms with Crippen molar-refractivity contribution < 1.29 is 13.9 Å². The molecule has 1 atom stereocenters. The molecule has 0 fully saturated rings. The van der Waals surface area contributed by atoms with E-state index in [9.17, 15) is 8.78 Å². The molecule has 2 rings (SSSR count). The summed E-state index contributed by atoms with van der Waals surface area (Å²) < 4.78 is 26.3. The number of nitrogens with one attached hydrogen (secondary N) is 1. The molecular weight excluding hydrogens is 276 g/mol. The van der Waals surface area contributed by atoms with Crippen LogP contribution in [-0.2, 0) is 6.54 Å². The van der Waals surface area contributed by atoms with Crippen molar-refractivity contribution in [1.82, 2.24) is 15.1 Å². The molecule has 2 N–H and O–H groups in total. The minimum atomic E-state index is -2.73. The van der Waals surface area contributed by atoms with Gasteiger partial charge in [0.15, 0.2) is 0 Å². The van der Waals surface area contributed by atoms with Gasteiger partial charge in [-0.3, -0.25) is 0 Å². The fourth-order valence-corrected chi connectivity index (χ4v) is 2.19. The zero-order valence-electron chi connectivity index (χ0n) is 12.1. The fraction of sp³-hybridized carbons (Fsp3) is 0.400. The van der Waals surface area contributed by atoms with Gasteiger partial charge in [-0.25, -0.2) is 13.5 Å². The van der Waals surface area contributed by atoms with Crippen molar-refractivity contribution >= 4 is 0 Å². The number of alkyl halides is 2. The molecule has 0 radical (unpaired) electrons. The standard InChI is InChI=1S/C15H19F2N3O/c1-10-13(8-18-9-14(21)15(16)17)11(2)20(19-10)12-6-4-3-5-7-12/h3-7,14-15,18,21H,8-9H2,1-2H3. The van der Waals surface area contributed by atoms with Crippen LogP contribution in [0, 0.1) is 13.8 Å². The van der Waals surface area contributed by atoms with Gasteiger partial charge in [-0.2, -0.15) is 5.10 Å². The topological polar surface area (TPSA) is 50.1 Å². The summed E-state index contributed by atoms with van der Waals surface area (Å²) in [5.41, 5.74) is 3.71. The minimum Gasteiger partial charge on any atom is -0.386 e. The quantitative estimate of drug-likeness (QED) is 0.859. The third kappa shape index (κ3) is 3.65. The summed E-state index contributed by atoms with van der Waals surface area (Å²) in [5, 5.41) is 16.4. The second-order valence-electron chi connectivity index (χ2n) is 4.93. The summed E-state index contributed by atoms with van der Waals surface area (Å²) in [6.07, 6.45) is -4.37. The van der Waals surface area contributed by atoms with Crippen LogP contribution in [0.5, 0.6) is 0 Å². The van der Waals surface area contributed by atoms with Gasteiger partial charge < -0.3 is 10.4 Å². The van der Waals surface area contributed by atoms with E-state index in [-0.39, 0.29) is 6.54 Å². The Labute approximate surface area is 122 Å². The second-order valence-corrected chi connectivity index (χ2v) is 4.93. The lowest BCUT2D eigenvalue weighted by molar-refractivity contribution is -0.00341. The summed E-state index contributed by atoms with van der Waals surface area (Å²) in [6.45, 7) is 4.07. The van der Waals surface area contributed by atoms with Crippen molar-refractivity contribution in [3.63, 3.8) is 0 Å². The molecule has 4 nitrogen and oxygen atoms in total. The zero-order valence-corrected chi connectivity index (χ0v) is 12.1. The van der Waals surface area contributed by atoms with E-state index in [1.54, 1.807) is 0 Å². The normalized spacial score (nSPS) is 12.9. The Bertz CT molecular complexity index is 584. The van der Waals surface area contributed by atoms with Crippen molar-refractivity contribution in [2.75, 3.05) is 6.54 Å². The van der Waals surface area contributed by atoms with Crippen molar-refractivity contribution in [2.24, 2.45) is 0 Å². The Morgan fingerprint density at radius 2 is 1.90 bits per heavy atom. The highest BCUT2D eigenvalue weighted by Crippen LogP contribution is 2.17. The van der Waals surface area contributed by atoms with Crippen molar-refractivity contribution in [1.29, 1.82) is 0 Å². The molecule has 114 valence electrons. The summed E-state index contributed by atoms with van der Waals surface area (Å²) in [4.78, 5) is 0. The third-order valence-corrected chi connectivity index (χ3v) is 3.39. The summed E-state index contributed by atoms with van der Waals surface area (Å²) in [7, 11) is 0. The van der Waals surface area contributed by atoms with Crippen LogP contribution in [0.2, 0.25) is 0 Å². The Morgan fingerprint density at radius 1 is 1.24 bits per heavy atom. The average Bonchev–Trinajstić information content (AvgIpc) is 2.75. The van der Waals surface area contributed by atoms with Crippen LogP contribution in [0.3, 0.4) is 0 Å². The molecule has 1 aromatic heterocycles. The van der Waals surface area contributed by atoms with E-state index in [0.717, 1.165) is 22.6 Å². The third-order valence-electron chi connectivity index (χ3n) is 3.39. The van der Waals surface area contributed by atoms with Crippen LogP contribution in [0.1, 0.15) is 17.0 Å². The molecule has 0 aliphatic heterocycles. The van der Waals surface area contributed by atoms with Gasteiger partial charge in [0.25, 0.3) is 6.43 Å². The second kappa shape index (κ2) is 6.78. The molecule has 0 amide bonds. The molecule has 21 heavy (non-hydrogen) atoms. The van der Waals surface area contributed by atoms with Crippen LogP contribution in [0.15, 0.2) is 30.3 Å². The maximum absolute atomic E-state index is 12.2. The maximum Gasteiger partial charge on any atom is 0.265 e. The number of halogens is 2. The van der Waals surface area contributed by atoms with Crippen LogP contribution < -0.4 is 5.32 Å². The first-order valence-electron chi connectivity index (χ1n) is 6.78. The van der Waals surface area contributed by atoms with E-state index >= 15 is 0 Å². The van der Waals surface area contributed by atoms with Gasteiger partial charge in [-0.1, -0.05) is 18.2 Å². The minimum absolute atomic E-state index is 0.146. The highest BCUT2D eigenvalue weighted by molar-refractivity contribution is 5.36. The molecule has 0 bridgehead atoms. The summed E-state index contributed by atoms with van der Waals surface area (Å²) >= 11 is 0. The largest absolute Gasteiger partial charge is 0.386 e. The number of aromatic nitrogens is 2.